The molecule has 0 bridgehead atoms. The lowest BCUT2D eigenvalue weighted by Gasteiger charge is -2.26. The van der Waals surface area contributed by atoms with Crippen molar-refractivity contribution in [3.05, 3.63) is 34.3 Å². The van der Waals surface area contributed by atoms with E-state index in [0.717, 1.165) is 10.0 Å². The highest BCUT2D eigenvalue weighted by molar-refractivity contribution is 9.10. The fraction of sp³-hybridized carbons (Fsp3) is 0.500. The molecule has 4 nitrogen and oxygen atoms in total. The molecule has 1 unspecified atom stereocenters. The summed E-state index contributed by atoms with van der Waals surface area (Å²) < 4.78 is 1.04. The van der Waals surface area contributed by atoms with Gasteiger partial charge >= 0.3 is 6.03 Å². The Labute approximate surface area is 122 Å². The monoisotopic (exact) mass is 328 g/mol. The SMILES string of the molecule is CC(CO)NC(=O)NCC(C)(C)c1ccc(Br)cc1. The summed E-state index contributed by atoms with van der Waals surface area (Å²) in [6.07, 6.45) is 0. The van der Waals surface area contributed by atoms with Crippen LogP contribution in [0.25, 0.3) is 0 Å². The van der Waals surface area contributed by atoms with E-state index in [2.05, 4.69) is 40.4 Å². The number of halogens is 1. The second-order valence-electron chi connectivity index (χ2n) is 5.30. The van der Waals surface area contributed by atoms with Crippen molar-refractivity contribution in [3.63, 3.8) is 0 Å². The topological polar surface area (TPSA) is 61.4 Å². The fourth-order valence-corrected chi connectivity index (χ4v) is 1.89. The molecule has 0 saturated heterocycles. The minimum Gasteiger partial charge on any atom is -0.394 e. The third-order valence-corrected chi connectivity index (χ3v) is 3.50. The number of aliphatic hydroxyl groups excluding tert-OH is 1. The van der Waals surface area contributed by atoms with Crippen LogP contribution in [0.5, 0.6) is 0 Å². The maximum absolute atomic E-state index is 11.6. The molecule has 1 aromatic rings. The van der Waals surface area contributed by atoms with Crippen molar-refractivity contribution < 1.29 is 9.90 Å². The van der Waals surface area contributed by atoms with Crippen LogP contribution in [0.4, 0.5) is 4.79 Å². The molecular formula is C14H21BrN2O2. The van der Waals surface area contributed by atoms with E-state index in [9.17, 15) is 4.79 Å². The standard InChI is InChI=1S/C14H21BrN2O2/c1-10(8-18)17-13(19)16-9-14(2,3)11-4-6-12(15)7-5-11/h4-7,10,18H,8-9H2,1-3H3,(H2,16,17,19). The Bertz CT molecular complexity index is 418. The van der Waals surface area contributed by atoms with Gasteiger partial charge in [-0.2, -0.15) is 0 Å². The molecule has 0 heterocycles. The summed E-state index contributed by atoms with van der Waals surface area (Å²) in [5.41, 5.74) is 1.01. The molecular weight excluding hydrogens is 308 g/mol. The number of urea groups is 1. The van der Waals surface area contributed by atoms with Crippen molar-refractivity contribution in [2.45, 2.75) is 32.2 Å². The Hall–Kier alpha value is -1.07. The summed E-state index contributed by atoms with van der Waals surface area (Å²) in [5.74, 6) is 0. The van der Waals surface area contributed by atoms with Gasteiger partial charge in [0.25, 0.3) is 0 Å². The molecule has 1 atom stereocenters. The quantitative estimate of drug-likeness (QED) is 0.777. The van der Waals surface area contributed by atoms with Crippen molar-refractivity contribution in [2.75, 3.05) is 13.2 Å². The molecule has 19 heavy (non-hydrogen) atoms. The highest BCUT2D eigenvalue weighted by Gasteiger charge is 2.21. The van der Waals surface area contributed by atoms with E-state index in [0.29, 0.717) is 6.54 Å². The van der Waals surface area contributed by atoms with Crippen LogP contribution in [0.3, 0.4) is 0 Å². The lowest BCUT2D eigenvalue weighted by molar-refractivity contribution is 0.218. The molecule has 0 radical (unpaired) electrons. The van der Waals surface area contributed by atoms with Crippen LogP contribution in [-0.2, 0) is 5.41 Å². The van der Waals surface area contributed by atoms with Crippen LogP contribution < -0.4 is 10.6 Å². The van der Waals surface area contributed by atoms with Gasteiger partial charge in [-0.15, -0.1) is 0 Å². The van der Waals surface area contributed by atoms with Crippen molar-refractivity contribution in [1.82, 2.24) is 10.6 Å². The zero-order chi connectivity index (χ0) is 14.5. The number of nitrogens with one attached hydrogen (secondary N) is 2. The number of rotatable bonds is 5. The second-order valence-corrected chi connectivity index (χ2v) is 6.22. The van der Waals surface area contributed by atoms with E-state index in [-0.39, 0.29) is 24.1 Å². The first-order valence-electron chi connectivity index (χ1n) is 6.26. The van der Waals surface area contributed by atoms with E-state index in [4.69, 9.17) is 5.11 Å². The molecule has 0 spiro atoms. The van der Waals surface area contributed by atoms with Gasteiger partial charge in [0.2, 0.25) is 0 Å². The summed E-state index contributed by atoms with van der Waals surface area (Å²) in [7, 11) is 0. The highest BCUT2D eigenvalue weighted by Crippen LogP contribution is 2.23. The van der Waals surface area contributed by atoms with Gasteiger partial charge in [0.15, 0.2) is 0 Å². The Morgan fingerprint density at radius 1 is 1.37 bits per heavy atom. The normalized spacial score (nSPS) is 12.9. The fourth-order valence-electron chi connectivity index (χ4n) is 1.62. The number of hydrogen-bond acceptors (Lipinski definition) is 2. The summed E-state index contributed by atoms with van der Waals surface area (Å²) in [4.78, 5) is 11.6. The first-order chi connectivity index (χ1) is 8.85. The Balaban J connectivity index is 2.55. The Morgan fingerprint density at radius 2 is 1.95 bits per heavy atom. The maximum atomic E-state index is 11.6. The average molecular weight is 329 g/mol. The van der Waals surface area contributed by atoms with Gasteiger partial charge in [-0.25, -0.2) is 4.79 Å². The molecule has 5 heteroatoms. The molecule has 0 saturated carbocycles. The van der Waals surface area contributed by atoms with Crippen molar-refractivity contribution >= 4 is 22.0 Å². The first kappa shape index (κ1) is 16.0. The summed E-state index contributed by atoms with van der Waals surface area (Å²) in [5, 5.41) is 14.4. The van der Waals surface area contributed by atoms with Crippen LogP contribution in [-0.4, -0.2) is 30.3 Å². The first-order valence-corrected chi connectivity index (χ1v) is 7.06. The highest BCUT2D eigenvalue weighted by atomic mass is 79.9. The van der Waals surface area contributed by atoms with Crippen molar-refractivity contribution in [2.24, 2.45) is 0 Å². The van der Waals surface area contributed by atoms with Gasteiger partial charge in [0.1, 0.15) is 0 Å². The minimum atomic E-state index is -0.258. The number of amides is 2. The molecule has 2 amide bonds. The van der Waals surface area contributed by atoms with Crippen LogP contribution in [0.1, 0.15) is 26.3 Å². The zero-order valence-corrected chi connectivity index (χ0v) is 13.1. The molecule has 0 aliphatic carbocycles. The number of carbonyl (C=O) groups is 1. The maximum Gasteiger partial charge on any atom is 0.315 e. The number of benzene rings is 1. The number of carbonyl (C=O) groups excluding carboxylic acids is 1. The molecule has 0 fully saturated rings. The summed E-state index contributed by atoms with van der Waals surface area (Å²) in [6.45, 7) is 6.36. The molecule has 1 aromatic carbocycles. The molecule has 0 aliphatic rings. The molecule has 3 N–H and O–H groups in total. The van der Waals surface area contributed by atoms with E-state index in [1.54, 1.807) is 6.92 Å². The summed E-state index contributed by atoms with van der Waals surface area (Å²) >= 11 is 3.41. The lowest BCUT2D eigenvalue weighted by atomic mass is 9.85. The molecule has 1 rings (SSSR count). The van der Waals surface area contributed by atoms with Crippen molar-refractivity contribution in [3.8, 4) is 0 Å². The summed E-state index contributed by atoms with van der Waals surface area (Å²) in [6, 6.07) is 7.57. The smallest absolute Gasteiger partial charge is 0.315 e. The third-order valence-electron chi connectivity index (χ3n) is 2.97. The van der Waals surface area contributed by atoms with Gasteiger partial charge < -0.3 is 15.7 Å². The third kappa shape index (κ3) is 5.20. The van der Waals surface area contributed by atoms with Gasteiger partial charge in [-0.1, -0.05) is 41.9 Å². The number of hydrogen-bond donors (Lipinski definition) is 3. The average Bonchev–Trinajstić information content (AvgIpc) is 2.37. The Morgan fingerprint density at radius 3 is 2.47 bits per heavy atom. The molecule has 0 aliphatic heterocycles. The van der Waals surface area contributed by atoms with Crippen molar-refractivity contribution in [1.29, 1.82) is 0 Å². The zero-order valence-electron chi connectivity index (χ0n) is 11.5. The van der Waals surface area contributed by atoms with Crippen LogP contribution in [0, 0.1) is 0 Å². The van der Waals surface area contributed by atoms with Gasteiger partial charge in [-0.05, 0) is 24.6 Å². The molecule has 106 valence electrons. The van der Waals surface area contributed by atoms with E-state index >= 15 is 0 Å². The minimum absolute atomic E-state index is 0.0659. The van der Waals surface area contributed by atoms with E-state index in [1.807, 2.05) is 24.3 Å². The van der Waals surface area contributed by atoms with Crippen LogP contribution in [0.15, 0.2) is 28.7 Å². The largest absolute Gasteiger partial charge is 0.394 e. The lowest BCUT2D eigenvalue weighted by Crippen LogP contribution is -2.46. The van der Waals surface area contributed by atoms with E-state index in [1.165, 1.54) is 0 Å². The Kier molecular flexibility index (Phi) is 5.82. The predicted molar refractivity (Wildman–Crippen MR) is 80.3 cm³/mol. The van der Waals surface area contributed by atoms with Gasteiger partial charge in [-0.3, -0.25) is 0 Å². The van der Waals surface area contributed by atoms with Crippen LogP contribution >= 0.6 is 15.9 Å². The van der Waals surface area contributed by atoms with Gasteiger partial charge in [0.05, 0.1) is 12.6 Å². The number of aliphatic hydroxyl groups is 1. The predicted octanol–water partition coefficient (Wildman–Crippen LogP) is 2.41. The molecule has 0 aromatic heterocycles. The second kappa shape index (κ2) is 6.91. The van der Waals surface area contributed by atoms with E-state index < -0.39 is 0 Å². The van der Waals surface area contributed by atoms with Crippen LogP contribution in [0.2, 0.25) is 0 Å². The van der Waals surface area contributed by atoms with Gasteiger partial charge in [0, 0.05) is 16.4 Å².